The molecule has 1 aliphatic heterocycles. The summed E-state index contributed by atoms with van der Waals surface area (Å²) in [4.78, 5) is 29.2. The van der Waals surface area contributed by atoms with Crippen LogP contribution in [0.1, 0.15) is 40.6 Å². The summed E-state index contributed by atoms with van der Waals surface area (Å²) in [6.45, 7) is 7.15. The second-order valence-electron chi connectivity index (χ2n) is 8.21. The van der Waals surface area contributed by atoms with Crippen LogP contribution in [0.25, 0.3) is 0 Å². The average molecular weight is 430 g/mol. The zero-order valence-corrected chi connectivity index (χ0v) is 18.3. The van der Waals surface area contributed by atoms with E-state index in [1.54, 1.807) is 29.2 Å². The van der Waals surface area contributed by atoms with Gasteiger partial charge < -0.3 is 14.2 Å². The van der Waals surface area contributed by atoms with E-state index in [1.165, 1.54) is 18.5 Å². The van der Waals surface area contributed by atoms with Gasteiger partial charge in [0.25, 0.3) is 5.91 Å². The first-order chi connectivity index (χ1) is 14.4. The van der Waals surface area contributed by atoms with Crippen molar-refractivity contribution in [1.29, 1.82) is 0 Å². The number of amides is 1. The van der Waals surface area contributed by atoms with Crippen molar-refractivity contribution >= 4 is 23.3 Å². The molecule has 0 N–H and O–H groups in total. The Bertz CT molecular complexity index is 926. The summed E-state index contributed by atoms with van der Waals surface area (Å²) in [5, 5.41) is 0.633. The lowest BCUT2D eigenvalue weighted by Gasteiger charge is -2.34. The maximum atomic E-state index is 12.9. The molecule has 2 aliphatic rings. The summed E-state index contributed by atoms with van der Waals surface area (Å²) >= 11 is 5.86. The third-order valence-corrected chi connectivity index (χ3v) is 6.22. The standard InChI is InChI=1S/C23H28ClN3O3/c1-16-13-21(17(2)27(16)19-5-6-19)22(28)14-25-9-11-26(12-10-25)23(29)15-30-20-7-3-18(24)4-8-20/h3-4,7-8,13,19H,5-6,9-12,14-15H2,1-2H3. The van der Waals surface area contributed by atoms with Crippen molar-refractivity contribution in [2.75, 3.05) is 39.3 Å². The van der Waals surface area contributed by atoms with E-state index in [0.717, 1.165) is 11.3 Å². The molecule has 1 amide bonds. The molecule has 30 heavy (non-hydrogen) atoms. The lowest BCUT2D eigenvalue weighted by Crippen LogP contribution is -2.51. The van der Waals surface area contributed by atoms with E-state index >= 15 is 0 Å². The minimum atomic E-state index is -0.0381. The number of carbonyl (C=O) groups is 2. The van der Waals surface area contributed by atoms with Crippen LogP contribution in [0.3, 0.4) is 0 Å². The molecule has 160 valence electrons. The molecule has 0 unspecified atom stereocenters. The second kappa shape index (κ2) is 8.82. The summed E-state index contributed by atoms with van der Waals surface area (Å²) in [6.07, 6.45) is 2.42. The monoisotopic (exact) mass is 429 g/mol. The van der Waals surface area contributed by atoms with Gasteiger partial charge in [-0.2, -0.15) is 0 Å². The summed E-state index contributed by atoms with van der Waals surface area (Å²) in [6, 6.07) is 9.58. The normalized spacial score (nSPS) is 17.2. The molecule has 2 aromatic rings. The zero-order valence-electron chi connectivity index (χ0n) is 17.6. The Morgan fingerprint density at radius 2 is 1.73 bits per heavy atom. The fraction of sp³-hybridized carbons (Fsp3) is 0.478. The Morgan fingerprint density at radius 1 is 1.07 bits per heavy atom. The van der Waals surface area contributed by atoms with E-state index in [2.05, 4.69) is 23.3 Å². The van der Waals surface area contributed by atoms with Crippen molar-refractivity contribution < 1.29 is 14.3 Å². The molecule has 4 rings (SSSR count). The summed E-state index contributed by atoms with van der Waals surface area (Å²) in [5.74, 6) is 0.755. The molecule has 1 aromatic heterocycles. The van der Waals surface area contributed by atoms with Gasteiger partial charge in [-0.25, -0.2) is 0 Å². The Hall–Kier alpha value is -2.31. The van der Waals surface area contributed by atoms with Crippen LogP contribution in [0, 0.1) is 13.8 Å². The third kappa shape index (κ3) is 4.71. The Labute approximate surface area is 182 Å². The Kier molecular flexibility index (Phi) is 6.16. The van der Waals surface area contributed by atoms with Gasteiger partial charge in [0, 0.05) is 54.2 Å². The van der Waals surface area contributed by atoms with Crippen molar-refractivity contribution in [2.24, 2.45) is 0 Å². The van der Waals surface area contributed by atoms with Crippen LogP contribution in [0.4, 0.5) is 0 Å². The minimum absolute atomic E-state index is 0.00766. The maximum absolute atomic E-state index is 12.9. The van der Waals surface area contributed by atoms with Crippen LogP contribution in [0.2, 0.25) is 5.02 Å². The summed E-state index contributed by atoms with van der Waals surface area (Å²) < 4.78 is 7.87. The molecular formula is C23H28ClN3O3. The highest BCUT2D eigenvalue weighted by atomic mass is 35.5. The molecule has 0 radical (unpaired) electrons. The number of aromatic nitrogens is 1. The van der Waals surface area contributed by atoms with Crippen molar-refractivity contribution in [2.45, 2.75) is 32.7 Å². The molecule has 2 heterocycles. The SMILES string of the molecule is Cc1cc(C(=O)CN2CCN(C(=O)COc3ccc(Cl)cc3)CC2)c(C)n1C1CC1. The van der Waals surface area contributed by atoms with Crippen molar-refractivity contribution in [3.63, 3.8) is 0 Å². The van der Waals surface area contributed by atoms with Crippen LogP contribution in [0.15, 0.2) is 30.3 Å². The molecule has 2 fully saturated rings. The van der Waals surface area contributed by atoms with Gasteiger partial charge in [0.1, 0.15) is 5.75 Å². The number of piperazine rings is 1. The molecule has 1 saturated carbocycles. The molecule has 0 atom stereocenters. The van der Waals surface area contributed by atoms with E-state index in [1.807, 2.05) is 6.07 Å². The quantitative estimate of drug-likeness (QED) is 0.632. The van der Waals surface area contributed by atoms with E-state index in [0.29, 0.717) is 49.5 Å². The number of hydrogen-bond acceptors (Lipinski definition) is 4. The molecule has 1 saturated heterocycles. The van der Waals surface area contributed by atoms with Gasteiger partial charge in [0.05, 0.1) is 6.54 Å². The predicted octanol–water partition coefficient (Wildman–Crippen LogP) is 3.50. The van der Waals surface area contributed by atoms with Gasteiger partial charge >= 0.3 is 0 Å². The Balaban J connectivity index is 1.25. The largest absolute Gasteiger partial charge is 0.484 e. The molecular weight excluding hydrogens is 402 g/mol. The fourth-order valence-corrected chi connectivity index (χ4v) is 4.29. The Morgan fingerprint density at radius 3 is 2.37 bits per heavy atom. The summed E-state index contributed by atoms with van der Waals surface area (Å²) in [7, 11) is 0. The van der Waals surface area contributed by atoms with Gasteiger partial charge in [-0.15, -0.1) is 0 Å². The van der Waals surface area contributed by atoms with Crippen LogP contribution >= 0.6 is 11.6 Å². The number of rotatable bonds is 7. The number of benzene rings is 1. The van der Waals surface area contributed by atoms with E-state index in [9.17, 15) is 9.59 Å². The number of nitrogens with zero attached hydrogens (tertiary/aromatic N) is 3. The van der Waals surface area contributed by atoms with Crippen molar-refractivity contribution in [3.8, 4) is 5.75 Å². The molecule has 0 spiro atoms. The molecule has 1 aliphatic carbocycles. The highest BCUT2D eigenvalue weighted by Gasteiger charge is 2.29. The van der Waals surface area contributed by atoms with Crippen LogP contribution in [0.5, 0.6) is 5.75 Å². The number of Topliss-reactive ketones (excluding diaryl/α,β-unsaturated/α-hetero) is 1. The smallest absolute Gasteiger partial charge is 0.260 e. The van der Waals surface area contributed by atoms with Gasteiger partial charge in [0.15, 0.2) is 12.4 Å². The zero-order chi connectivity index (χ0) is 21.3. The predicted molar refractivity (Wildman–Crippen MR) is 116 cm³/mol. The van der Waals surface area contributed by atoms with Crippen LogP contribution in [-0.4, -0.2) is 65.4 Å². The van der Waals surface area contributed by atoms with E-state index in [-0.39, 0.29) is 18.3 Å². The first-order valence-electron chi connectivity index (χ1n) is 10.5. The topological polar surface area (TPSA) is 54.8 Å². The molecule has 0 bridgehead atoms. The van der Waals surface area contributed by atoms with Crippen LogP contribution < -0.4 is 4.74 Å². The van der Waals surface area contributed by atoms with Gasteiger partial charge in [-0.1, -0.05) is 11.6 Å². The molecule has 6 nitrogen and oxygen atoms in total. The molecule has 7 heteroatoms. The van der Waals surface area contributed by atoms with Gasteiger partial charge in [-0.3, -0.25) is 14.5 Å². The van der Waals surface area contributed by atoms with E-state index in [4.69, 9.17) is 16.3 Å². The molecule has 1 aromatic carbocycles. The number of halogens is 1. The fourth-order valence-electron chi connectivity index (χ4n) is 4.16. The minimum Gasteiger partial charge on any atom is -0.484 e. The highest BCUT2D eigenvalue weighted by Crippen LogP contribution is 2.38. The van der Waals surface area contributed by atoms with Crippen molar-refractivity contribution in [3.05, 3.63) is 52.3 Å². The average Bonchev–Trinajstić information content (AvgIpc) is 3.52. The first-order valence-corrected chi connectivity index (χ1v) is 10.9. The number of hydrogen-bond donors (Lipinski definition) is 0. The highest BCUT2D eigenvalue weighted by molar-refractivity contribution is 6.30. The van der Waals surface area contributed by atoms with Gasteiger partial charge in [-0.05, 0) is 57.0 Å². The summed E-state index contributed by atoms with van der Waals surface area (Å²) in [5.41, 5.74) is 3.11. The van der Waals surface area contributed by atoms with Crippen LogP contribution in [-0.2, 0) is 4.79 Å². The van der Waals surface area contributed by atoms with Gasteiger partial charge in [0.2, 0.25) is 0 Å². The third-order valence-electron chi connectivity index (χ3n) is 5.96. The van der Waals surface area contributed by atoms with Crippen molar-refractivity contribution in [1.82, 2.24) is 14.4 Å². The second-order valence-corrected chi connectivity index (χ2v) is 8.65. The lowest BCUT2D eigenvalue weighted by atomic mass is 10.1. The number of carbonyl (C=O) groups excluding carboxylic acids is 2. The number of ketones is 1. The van der Waals surface area contributed by atoms with E-state index < -0.39 is 0 Å². The first kappa shape index (κ1) is 20.9. The number of ether oxygens (including phenoxy) is 1. The number of aryl methyl sites for hydroxylation is 1. The maximum Gasteiger partial charge on any atom is 0.260 e. The lowest BCUT2D eigenvalue weighted by molar-refractivity contribution is -0.135.